The lowest BCUT2D eigenvalue weighted by molar-refractivity contribution is 0.290. The molecular weight excluding hydrogens is 286 g/mol. The van der Waals surface area contributed by atoms with Crippen LogP contribution in [0.4, 0.5) is 5.69 Å². The fourth-order valence-electron chi connectivity index (χ4n) is 2.24. The van der Waals surface area contributed by atoms with Gasteiger partial charge in [0.2, 0.25) is 0 Å². The Morgan fingerprint density at radius 2 is 1.04 bits per heavy atom. The topological polar surface area (TPSA) is 44.5 Å². The van der Waals surface area contributed by atoms with Crippen molar-refractivity contribution in [3.05, 3.63) is 90.0 Å². The number of anilines is 1. The van der Waals surface area contributed by atoms with Gasteiger partial charge in [-0.3, -0.25) is 0 Å². The molecular formula is C20H19NO2. The second-order valence-electron chi connectivity index (χ2n) is 5.29. The van der Waals surface area contributed by atoms with Gasteiger partial charge in [-0.2, -0.15) is 0 Å². The Kier molecular flexibility index (Phi) is 4.79. The number of nitrogens with two attached hydrogens (primary N) is 1. The highest BCUT2D eigenvalue weighted by molar-refractivity contribution is 5.50. The molecule has 0 bridgehead atoms. The minimum absolute atomic E-state index is 0.502. The fourth-order valence-corrected chi connectivity index (χ4v) is 2.24. The summed E-state index contributed by atoms with van der Waals surface area (Å²) in [5, 5.41) is 0. The van der Waals surface area contributed by atoms with Crippen LogP contribution in [0.2, 0.25) is 0 Å². The summed E-state index contributed by atoms with van der Waals surface area (Å²) in [7, 11) is 0. The zero-order valence-corrected chi connectivity index (χ0v) is 12.8. The van der Waals surface area contributed by atoms with Crippen LogP contribution >= 0.6 is 0 Å². The molecule has 2 N–H and O–H groups in total. The van der Waals surface area contributed by atoms with Crippen molar-refractivity contribution in [1.82, 2.24) is 0 Å². The molecule has 0 saturated heterocycles. The van der Waals surface area contributed by atoms with Crippen LogP contribution in [-0.4, -0.2) is 0 Å². The summed E-state index contributed by atoms with van der Waals surface area (Å²) in [6.45, 7) is 1.00. The summed E-state index contributed by atoms with van der Waals surface area (Å²) in [5.74, 6) is 1.41. The lowest BCUT2D eigenvalue weighted by atomic mass is 10.2. The van der Waals surface area contributed by atoms with E-state index in [-0.39, 0.29) is 0 Å². The molecule has 0 saturated carbocycles. The smallest absolute Gasteiger partial charge is 0.125 e. The van der Waals surface area contributed by atoms with Crippen LogP contribution in [0.1, 0.15) is 11.1 Å². The summed E-state index contributed by atoms with van der Waals surface area (Å²) < 4.78 is 11.6. The van der Waals surface area contributed by atoms with Crippen molar-refractivity contribution in [3.8, 4) is 11.5 Å². The van der Waals surface area contributed by atoms with E-state index in [1.165, 1.54) is 0 Å². The van der Waals surface area contributed by atoms with Crippen molar-refractivity contribution in [2.45, 2.75) is 13.2 Å². The van der Waals surface area contributed by atoms with Crippen LogP contribution in [0.5, 0.6) is 11.5 Å². The molecule has 3 heteroatoms. The number of ether oxygens (including phenoxy) is 2. The number of benzene rings is 3. The van der Waals surface area contributed by atoms with Crippen molar-refractivity contribution < 1.29 is 9.47 Å². The maximum Gasteiger partial charge on any atom is 0.125 e. The van der Waals surface area contributed by atoms with E-state index in [0.717, 1.165) is 11.1 Å². The number of rotatable bonds is 6. The molecule has 0 fully saturated rings. The molecule has 3 rings (SSSR count). The van der Waals surface area contributed by atoms with Crippen LogP contribution < -0.4 is 15.2 Å². The Hall–Kier alpha value is -2.94. The molecule has 3 aromatic rings. The monoisotopic (exact) mass is 305 g/mol. The Morgan fingerprint density at radius 3 is 1.48 bits per heavy atom. The number of hydrogen-bond donors (Lipinski definition) is 1. The zero-order chi connectivity index (χ0) is 15.9. The highest BCUT2D eigenvalue weighted by atomic mass is 16.5. The maximum atomic E-state index is 5.94. The number of nitrogen functional groups attached to an aromatic ring is 1. The lowest BCUT2D eigenvalue weighted by Crippen LogP contribution is -1.99. The Balaban J connectivity index is 1.64. The van der Waals surface area contributed by atoms with Gasteiger partial charge in [0.25, 0.3) is 0 Å². The van der Waals surface area contributed by atoms with E-state index in [0.29, 0.717) is 30.4 Å². The van der Waals surface area contributed by atoms with Crippen molar-refractivity contribution in [2.24, 2.45) is 0 Å². The van der Waals surface area contributed by atoms with Gasteiger partial charge in [-0.1, -0.05) is 60.7 Å². The third-order valence-corrected chi connectivity index (χ3v) is 3.40. The van der Waals surface area contributed by atoms with Crippen LogP contribution in [0.25, 0.3) is 0 Å². The van der Waals surface area contributed by atoms with Gasteiger partial charge in [0.15, 0.2) is 0 Å². The first-order valence-corrected chi connectivity index (χ1v) is 7.53. The lowest BCUT2D eigenvalue weighted by Gasteiger charge is -2.11. The first-order valence-electron chi connectivity index (χ1n) is 7.53. The molecule has 0 unspecified atom stereocenters. The minimum atomic E-state index is 0.502. The van der Waals surface area contributed by atoms with Crippen LogP contribution in [0.3, 0.4) is 0 Å². The molecule has 0 atom stereocenters. The van der Waals surface area contributed by atoms with E-state index in [1.807, 2.05) is 66.7 Å². The predicted octanol–water partition coefficient (Wildman–Crippen LogP) is 4.43. The van der Waals surface area contributed by atoms with E-state index in [4.69, 9.17) is 15.2 Å². The van der Waals surface area contributed by atoms with Gasteiger partial charge in [0.05, 0.1) is 0 Å². The van der Waals surface area contributed by atoms with Crippen molar-refractivity contribution in [1.29, 1.82) is 0 Å². The van der Waals surface area contributed by atoms with E-state index in [9.17, 15) is 0 Å². The minimum Gasteiger partial charge on any atom is -0.489 e. The molecule has 0 aliphatic carbocycles. The molecule has 0 aromatic heterocycles. The molecule has 0 spiro atoms. The maximum absolute atomic E-state index is 5.94. The molecule has 0 amide bonds. The van der Waals surface area contributed by atoms with Gasteiger partial charge < -0.3 is 15.2 Å². The summed E-state index contributed by atoms with van der Waals surface area (Å²) in [6, 6.07) is 25.5. The van der Waals surface area contributed by atoms with Gasteiger partial charge in [-0.25, -0.2) is 0 Å². The van der Waals surface area contributed by atoms with E-state index in [1.54, 1.807) is 12.1 Å². The third kappa shape index (κ3) is 4.51. The molecule has 0 radical (unpaired) electrons. The zero-order valence-electron chi connectivity index (χ0n) is 12.8. The van der Waals surface area contributed by atoms with Crippen LogP contribution in [-0.2, 0) is 13.2 Å². The molecule has 0 heterocycles. The first kappa shape index (κ1) is 15.0. The molecule has 3 aromatic carbocycles. The van der Waals surface area contributed by atoms with Crippen LogP contribution in [0, 0.1) is 0 Å². The summed E-state index contributed by atoms with van der Waals surface area (Å²) in [6.07, 6.45) is 0. The molecule has 3 nitrogen and oxygen atoms in total. The first-order chi connectivity index (χ1) is 11.3. The van der Waals surface area contributed by atoms with Gasteiger partial charge >= 0.3 is 0 Å². The van der Waals surface area contributed by atoms with E-state index < -0.39 is 0 Å². The Bertz CT molecular complexity index is 680. The van der Waals surface area contributed by atoms with Gasteiger partial charge in [0.1, 0.15) is 24.7 Å². The van der Waals surface area contributed by atoms with Crippen molar-refractivity contribution >= 4 is 5.69 Å². The summed E-state index contributed by atoms with van der Waals surface area (Å²) >= 11 is 0. The molecule has 0 aliphatic rings. The molecule has 116 valence electrons. The second-order valence-corrected chi connectivity index (χ2v) is 5.29. The average molecular weight is 305 g/mol. The standard InChI is InChI=1S/C20H19NO2/c21-18-11-19(22-14-16-7-3-1-4-8-16)13-20(12-18)23-15-17-9-5-2-6-10-17/h1-13H,14-15,21H2. The summed E-state index contributed by atoms with van der Waals surface area (Å²) in [4.78, 5) is 0. The molecule has 23 heavy (non-hydrogen) atoms. The van der Waals surface area contributed by atoms with Crippen molar-refractivity contribution in [3.63, 3.8) is 0 Å². The van der Waals surface area contributed by atoms with E-state index in [2.05, 4.69) is 0 Å². The van der Waals surface area contributed by atoms with Gasteiger partial charge in [-0.05, 0) is 11.1 Å². The highest BCUT2D eigenvalue weighted by Crippen LogP contribution is 2.25. The average Bonchev–Trinajstić information content (AvgIpc) is 2.60. The van der Waals surface area contributed by atoms with Crippen LogP contribution in [0.15, 0.2) is 78.9 Å². The second kappa shape index (κ2) is 7.36. The highest BCUT2D eigenvalue weighted by Gasteiger charge is 2.03. The van der Waals surface area contributed by atoms with E-state index >= 15 is 0 Å². The van der Waals surface area contributed by atoms with Gasteiger partial charge in [-0.15, -0.1) is 0 Å². The molecule has 0 aliphatic heterocycles. The normalized spacial score (nSPS) is 10.3. The number of hydrogen-bond acceptors (Lipinski definition) is 3. The van der Waals surface area contributed by atoms with Gasteiger partial charge in [0, 0.05) is 23.9 Å². The fraction of sp³-hybridized carbons (Fsp3) is 0.100. The SMILES string of the molecule is Nc1cc(OCc2ccccc2)cc(OCc2ccccc2)c1. The predicted molar refractivity (Wildman–Crippen MR) is 92.4 cm³/mol. The quantitative estimate of drug-likeness (QED) is 0.685. The Morgan fingerprint density at radius 1 is 0.609 bits per heavy atom. The van der Waals surface area contributed by atoms with Crippen molar-refractivity contribution in [2.75, 3.05) is 5.73 Å². The third-order valence-electron chi connectivity index (χ3n) is 3.40. The Labute approximate surface area is 136 Å². The largest absolute Gasteiger partial charge is 0.489 e. The summed E-state index contributed by atoms with van der Waals surface area (Å²) in [5.41, 5.74) is 8.79.